The van der Waals surface area contributed by atoms with Crippen molar-refractivity contribution in [3.63, 3.8) is 0 Å². The van der Waals surface area contributed by atoms with E-state index in [1.165, 1.54) is 0 Å². The van der Waals surface area contributed by atoms with Crippen LogP contribution < -0.4 is 11.1 Å². The first kappa shape index (κ1) is 18.5. The molecular formula is C14H20Cl3N3O. The lowest BCUT2D eigenvalue weighted by atomic mass is 9.98. The van der Waals surface area contributed by atoms with Crippen LogP contribution in [0.2, 0.25) is 10.0 Å². The Bertz CT molecular complexity index is 485. The minimum atomic E-state index is -0.0770. The van der Waals surface area contributed by atoms with Crippen LogP contribution in [0.4, 0.5) is 5.69 Å². The molecule has 1 unspecified atom stereocenters. The number of nitrogens with one attached hydrogen (secondary N) is 1. The third-order valence-electron chi connectivity index (χ3n) is 3.51. The highest BCUT2D eigenvalue weighted by Gasteiger charge is 2.20. The van der Waals surface area contributed by atoms with Crippen molar-refractivity contribution in [1.29, 1.82) is 0 Å². The Morgan fingerprint density at radius 3 is 2.90 bits per heavy atom. The van der Waals surface area contributed by atoms with E-state index >= 15 is 0 Å². The van der Waals surface area contributed by atoms with Gasteiger partial charge in [-0.3, -0.25) is 9.69 Å². The maximum atomic E-state index is 12.1. The number of benzene rings is 1. The Hall–Kier alpha value is -0.520. The SMILES string of the molecule is Cl.NCC1CCCN(CC(=O)Nc2cc(Cl)ccc2Cl)C1. The van der Waals surface area contributed by atoms with Crippen LogP contribution in [0.1, 0.15) is 12.8 Å². The number of nitrogens with zero attached hydrogens (tertiary/aromatic N) is 1. The lowest BCUT2D eigenvalue weighted by Crippen LogP contribution is -2.42. The van der Waals surface area contributed by atoms with Gasteiger partial charge < -0.3 is 11.1 Å². The van der Waals surface area contributed by atoms with E-state index in [4.69, 9.17) is 28.9 Å². The standard InChI is InChI=1S/C14H19Cl2N3O.ClH/c15-11-3-4-12(16)13(6-11)18-14(20)9-19-5-1-2-10(7-17)8-19;/h3-4,6,10H,1-2,5,7-9,17H2,(H,18,20);1H. The monoisotopic (exact) mass is 351 g/mol. The van der Waals surface area contributed by atoms with E-state index in [1.807, 2.05) is 0 Å². The molecule has 1 atom stereocenters. The van der Waals surface area contributed by atoms with Crippen LogP contribution in [-0.4, -0.2) is 37.0 Å². The van der Waals surface area contributed by atoms with Gasteiger partial charge in [0, 0.05) is 11.6 Å². The molecule has 0 radical (unpaired) electrons. The van der Waals surface area contributed by atoms with Crippen molar-refractivity contribution >= 4 is 47.2 Å². The summed E-state index contributed by atoms with van der Waals surface area (Å²) in [4.78, 5) is 14.2. The first-order valence-electron chi connectivity index (χ1n) is 6.76. The summed E-state index contributed by atoms with van der Waals surface area (Å²) in [6, 6.07) is 5.02. The number of carbonyl (C=O) groups is 1. The highest BCUT2D eigenvalue weighted by atomic mass is 35.5. The summed E-state index contributed by atoms with van der Waals surface area (Å²) in [6.45, 7) is 2.86. The van der Waals surface area contributed by atoms with E-state index in [1.54, 1.807) is 18.2 Å². The van der Waals surface area contributed by atoms with E-state index in [0.29, 0.717) is 34.7 Å². The number of nitrogens with two attached hydrogens (primary N) is 1. The molecule has 2 rings (SSSR count). The molecule has 7 heteroatoms. The Morgan fingerprint density at radius 1 is 1.43 bits per heavy atom. The first-order valence-corrected chi connectivity index (χ1v) is 7.51. The summed E-state index contributed by atoms with van der Waals surface area (Å²) in [6.07, 6.45) is 2.24. The summed E-state index contributed by atoms with van der Waals surface area (Å²) in [7, 11) is 0. The zero-order chi connectivity index (χ0) is 14.5. The Balaban J connectivity index is 0.00000220. The van der Waals surface area contributed by atoms with E-state index < -0.39 is 0 Å². The molecule has 21 heavy (non-hydrogen) atoms. The summed E-state index contributed by atoms with van der Waals surface area (Å²) in [5, 5.41) is 3.84. The van der Waals surface area contributed by atoms with Gasteiger partial charge in [-0.05, 0) is 50.0 Å². The lowest BCUT2D eigenvalue weighted by Gasteiger charge is -2.31. The van der Waals surface area contributed by atoms with Crippen LogP contribution in [-0.2, 0) is 4.79 Å². The molecular weight excluding hydrogens is 333 g/mol. The molecule has 0 aromatic heterocycles. The number of amides is 1. The van der Waals surface area contributed by atoms with E-state index in [9.17, 15) is 4.79 Å². The van der Waals surface area contributed by atoms with Crippen molar-refractivity contribution in [2.24, 2.45) is 11.7 Å². The molecule has 1 saturated heterocycles. The minimum absolute atomic E-state index is 0. The van der Waals surface area contributed by atoms with E-state index in [-0.39, 0.29) is 18.3 Å². The highest BCUT2D eigenvalue weighted by Crippen LogP contribution is 2.25. The average Bonchev–Trinajstić information content (AvgIpc) is 2.43. The smallest absolute Gasteiger partial charge is 0.238 e. The molecule has 4 nitrogen and oxygen atoms in total. The zero-order valence-corrected chi connectivity index (χ0v) is 14.0. The molecule has 1 aromatic rings. The summed E-state index contributed by atoms with van der Waals surface area (Å²) < 4.78 is 0. The molecule has 1 fully saturated rings. The van der Waals surface area contributed by atoms with Crippen molar-refractivity contribution < 1.29 is 4.79 Å². The quantitative estimate of drug-likeness (QED) is 0.875. The molecule has 3 N–H and O–H groups in total. The van der Waals surface area contributed by atoms with Gasteiger partial charge in [0.05, 0.1) is 17.3 Å². The van der Waals surface area contributed by atoms with Gasteiger partial charge in [0.25, 0.3) is 0 Å². The molecule has 0 saturated carbocycles. The number of hydrogen-bond donors (Lipinski definition) is 2. The average molecular weight is 353 g/mol. The van der Waals surface area contributed by atoms with Crippen molar-refractivity contribution in [2.45, 2.75) is 12.8 Å². The van der Waals surface area contributed by atoms with E-state index in [0.717, 1.165) is 25.9 Å². The third kappa shape index (κ3) is 5.64. The summed E-state index contributed by atoms with van der Waals surface area (Å²) in [5.74, 6) is 0.415. The predicted molar refractivity (Wildman–Crippen MR) is 90.6 cm³/mol. The topological polar surface area (TPSA) is 58.4 Å². The van der Waals surface area contributed by atoms with Crippen LogP contribution in [0, 0.1) is 5.92 Å². The lowest BCUT2D eigenvalue weighted by molar-refractivity contribution is -0.117. The van der Waals surface area contributed by atoms with Crippen LogP contribution in [0.15, 0.2) is 18.2 Å². The molecule has 1 aliphatic rings. The molecule has 1 aliphatic heterocycles. The highest BCUT2D eigenvalue weighted by molar-refractivity contribution is 6.35. The third-order valence-corrected chi connectivity index (χ3v) is 4.07. The molecule has 0 aliphatic carbocycles. The second-order valence-corrected chi connectivity index (χ2v) is 6.00. The molecule has 1 aromatic carbocycles. The zero-order valence-electron chi connectivity index (χ0n) is 11.6. The van der Waals surface area contributed by atoms with Gasteiger partial charge in [-0.15, -0.1) is 12.4 Å². The fourth-order valence-corrected chi connectivity index (χ4v) is 2.81. The molecule has 1 heterocycles. The predicted octanol–water partition coefficient (Wildman–Crippen LogP) is 3.02. The Morgan fingerprint density at radius 2 is 2.19 bits per heavy atom. The number of likely N-dealkylation sites (tertiary alicyclic amines) is 1. The van der Waals surface area contributed by atoms with Gasteiger partial charge in [0.1, 0.15) is 0 Å². The molecule has 0 bridgehead atoms. The van der Waals surface area contributed by atoms with Crippen LogP contribution in [0.3, 0.4) is 0 Å². The van der Waals surface area contributed by atoms with Gasteiger partial charge >= 0.3 is 0 Å². The normalized spacial score (nSPS) is 18.9. The van der Waals surface area contributed by atoms with Crippen LogP contribution >= 0.6 is 35.6 Å². The fourth-order valence-electron chi connectivity index (χ4n) is 2.47. The van der Waals surface area contributed by atoms with E-state index in [2.05, 4.69) is 10.2 Å². The summed E-state index contributed by atoms with van der Waals surface area (Å²) >= 11 is 11.9. The maximum Gasteiger partial charge on any atom is 0.238 e. The molecule has 0 spiro atoms. The number of halogens is 3. The fraction of sp³-hybridized carbons (Fsp3) is 0.500. The van der Waals surface area contributed by atoms with Gasteiger partial charge in [-0.25, -0.2) is 0 Å². The second-order valence-electron chi connectivity index (χ2n) is 5.15. The first-order chi connectivity index (χ1) is 9.58. The minimum Gasteiger partial charge on any atom is -0.330 e. The van der Waals surface area contributed by atoms with Crippen molar-refractivity contribution in [3.05, 3.63) is 28.2 Å². The van der Waals surface area contributed by atoms with Crippen molar-refractivity contribution in [1.82, 2.24) is 4.90 Å². The number of rotatable bonds is 4. The number of anilines is 1. The number of carbonyl (C=O) groups excluding carboxylic acids is 1. The van der Waals surface area contributed by atoms with Crippen molar-refractivity contribution in [2.75, 3.05) is 31.5 Å². The molecule has 1 amide bonds. The van der Waals surface area contributed by atoms with Gasteiger partial charge in [-0.1, -0.05) is 23.2 Å². The molecule has 118 valence electrons. The van der Waals surface area contributed by atoms with Crippen LogP contribution in [0.5, 0.6) is 0 Å². The maximum absolute atomic E-state index is 12.1. The largest absolute Gasteiger partial charge is 0.330 e. The Kier molecular flexibility index (Phi) is 7.77. The van der Waals surface area contributed by atoms with Crippen molar-refractivity contribution in [3.8, 4) is 0 Å². The Labute approximate surface area is 141 Å². The number of piperidine rings is 1. The summed E-state index contributed by atoms with van der Waals surface area (Å²) in [5.41, 5.74) is 6.25. The number of hydrogen-bond acceptors (Lipinski definition) is 3. The van der Waals surface area contributed by atoms with Gasteiger partial charge in [0.15, 0.2) is 0 Å². The van der Waals surface area contributed by atoms with Gasteiger partial charge in [-0.2, -0.15) is 0 Å². The van der Waals surface area contributed by atoms with Crippen LogP contribution in [0.25, 0.3) is 0 Å². The van der Waals surface area contributed by atoms with Gasteiger partial charge in [0.2, 0.25) is 5.91 Å². The second kappa shape index (κ2) is 8.81.